The van der Waals surface area contributed by atoms with Gasteiger partial charge in [0.05, 0.1) is 5.56 Å². The van der Waals surface area contributed by atoms with Crippen LogP contribution in [0.25, 0.3) is 0 Å². The van der Waals surface area contributed by atoms with E-state index in [-0.39, 0.29) is 11.7 Å². The lowest BCUT2D eigenvalue weighted by molar-refractivity contribution is 0.102. The van der Waals surface area contributed by atoms with Crippen molar-refractivity contribution >= 4 is 23.1 Å². The number of halogens is 1. The monoisotopic (exact) mass is 307 g/mol. The molecule has 1 aromatic heterocycles. The minimum atomic E-state index is -0.295. The fourth-order valence-electron chi connectivity index (χ4n) is 2.01. The largest absolute Gasteiger partial charge is 0.340 e. The summed E-state index contributed by atoms with van der Waals surface area (Å²) in [6.07, 6.45) is 1.49. The Kier molecular flexibility index (Phi) is 4.29. The molecule has 0 saturated heterocycles. The number of carbonyl (C=O) groups is 1. The molecule has 0 aliphatic carbocycles. The zero-order valence-electron chi connectivity index (χ0n) is 12.2. The molecule has 2 N–H and O–H groups in total. The molecule has 4 nitrogen and oxygen atoms in total. The molecule has 0 spiro atoms. The van der Waals surface area contributed by atoms with Gasteiger partial charge in [-0.05, 0) is 48.5 Å². The third-order valence-electron chi connectivity index (χ3n) is 3.17. The minimum absolute atomic E-state index is 0.225. The number of anilines is 3. The average molecular weight is 307 g/mol. The van der Waals surface area contributed by atoms with Crippen molar-refractivity contribution in [3.63, 3.8) is 0 Å². The van der Waals surface area contributed by atoms with E-state index in [0.29, 0.717) is 11.4 Å². The third-order valence-corrected chi connectivity index (χ3v) is 3.17. The number of hydrogen-bond donors (Lipinski definition) is 2. The summed E-state index contributed by atoms with van der Waals surface area (Å²) in [5.74, 6) is 0.0568. The number of benzene rings is 2. The number of nitrogens with one attached hydrogen (secondary N) is 2. The first kappa shape index (κ1) is 14.7. The number of para-hydroxylation sites is 1. The van der Waals surface area contributed by atoms with Crippen molar-refractivity contribution in [2.75, 3.05) is 10.6 Å². The van der Waals surface area contributed by atoms with E-state index in [2.05, 4.69) is 15.6 Å². The molecule has 5 heteroatoms. The van der Waals surface area contributed by atoms with Gasteiger partial charge in [-0.2, -0.15) is 0 Å². The van der Waals surface area contributed by atoms with E-state index in [4.69, 9.17) is 0 Å². The molecule has 2 aromatic carbocycles. The standard InChI is InChI=1S/C18H14FN3O/c19-14-7-9-16(10-8-14)21-17-11-6-13(12-20-17)18(23)22-15-4-2-1-3-5-15/h1-12H,(H,20,21)(H,22,23). The molecule has 1 heterocycles. The van der Waals surface area contributed by atoms with Gasteiger partial charge >= 0.3 is 0 Å². The van der Waals surface area contributed by atoms with E-state index in [0.717, 1.165) is 11.4 Å². The van der Waals surface area contributed by atoms with Crippen LogP contribution >= 0.6 is 0 Å². The highest BCUT2D eigenvalue weighted by Gasteiger charge is 2.06. The molecule has 3 rings (SSSR count). The lowest BCUT2D eigenvalue weighted by Gasteiger charge is -2.07. The Hall–Kier alpha value is -3.21. The van der Waals surface area contributed by atoms with E-state index in [1.807, 2.05) is 30.3 Å². The lowest BCUT2D eigenvalue weighted by Crippen LogP contribution is -2.12. The van der Waals surface area contributed by atoms with Gasteiger partial charge in [0.15, 0.2) is 0 Å². The number of nitrogens with zero attached hydrogens (tertiary/aromatic N) is 1. The Morgan fingerprint density at radius 3 is 2.26 bits per heavy atom. The molecule has 23 heavy (non-hydrogen) atoms. The predicted octanol–water partition coefficient (Wildman–Crippen LogP) is 4.22. The number of aromatic nitrogens is 1. The molecule has 0 bridgehead atoms. The van der Waals surface area contributed by atoms with Crippen LogP contribution in [0.3, 0.4) is 0 Å². The number of amides is 1. The first-order chi connectivity index (χ1) is 11.2. The van der Waals surface area contributed by atoms with Gasteiger partial charge in [-0.15, -0.1) is 0 Å². The van der Waals surface area contributed by atoms with Gasteiger partial charge in [-0.3, -0.25) is 4.79 Å². The van der Waals surface area contributed by atoms with Crippen molar-refractivity contribution in [2.45, 2.75) is 0 Å². The fourth-order valence-corrected chi connectivity index (χ4v) is 2.01. The lowest BCUT2D eigenvalue weighted by atomic mass is 10.2. The summed E-state index contributed by atoms with van der Waals surface area (Å²) in [6, 6.07) is 18.6. The topological polar surface area (TPSA) is 54.0 Å². The summed E-state index contributed by atoms with van der Waals surface area (Å²) in [5, 5.41) is 5.83. The molecular weight excluding hydrogens is 293 g/mol. The molecule has 0 saturated carbocycles. The minimum Gasteiger partial charge on any atom is -0.340 e. The zero-order chi connectivity index (χ0) is 16.1. The second kappa shape index (κ2) is 6.70. The smallest absolute Gasteiger partial charge is 0.257 e. The normalized spacial score (nSPS) is 10.1. The number of hydrogen-bond acceptors (Lipinski definition) is 3. The van der Waals surface area contributed by atoms with Crippen molar-refractivity contribution in [3.8, 4) is 0 Å². The van der Waals surface area contributed by atoms with E-state index in [1.54, 1.807) is 24.3 Å². The van der Waals surface area contributed by atoms with Crippen LogP contribution in [0.4, 0.5) is 21.6 Å². The van der Waals surface area contributed by atoms with Gasteiger partial charge in [0, 0.05) is 17.6 Å². The van der Waals surface area contributed by atoms with Crippen LogP contribution < -0.4 is 10.6 Å². The number of rotatable bonds is 4. The van der Waals surface area contributed by atoms with E-state index in [9.17, 15) is 9.18 Å². The van der Waals surface area contributed by atoms with Gasteiger partial charge in [-0.25, -0.2) is 9.37 Å². The SMILES string of the molecule is O=C(Nc1ccccc1)c1ccc(Nc2ccc(F)cc2)nc1. The molecule has 0 fully saturated rings. The van der Waals surface area contributed by atoms with Crippen LogP contribution in [0.15, 0.2) is 72.9 Å². The van der Waals surface area contributed by atoms with Gasteiger partial charge in [0.1, 0.15) is 11.6 Å². The highest BCUT2D eigenvalue weighted by atomic mass is 19.1. The molecule has 114 valence electrons. The van der Waals surface area contributed by atoms with Crippen LogP contribution in [-0.4, -0.2) is 10.9 Å². The van der Waals surface area contributed by atoms with Crippen LogP contribution in [0, 0.1) is 5.82 Å². The average Bonchev–Trinajstić information content (AvgIpc) is 2.58. The summed E-state index contributed by atoms with van der Waals surface area (Å²) in [5.41, 5.74) is 1.91. The summed E-state index contributed by atoms with van der Waals surface area (Å²) >= 11 is 0. The molecule has 0 aliphatic rings. The van der Waals surface area contributed by atoms with Crippen molar-refractivity contribution in [3.05, 3.63) is 84.3 Å². The molecule has 0 aliphatic heterocycles. The van der Waals surface area contributed by atoms with Gasteiger partial charge in [-0.1, -0.05) is 18.2 Å². The summed E-state index contributed by atoms with van der Waals surface area (Å²) < 4.78 is 12.9. The summed E-state index contributed by atoms with van der Waals surface area (Å²) in [4.78, 5) is 16.3. The highest BCUT2D eigenvalue weighted by Crippen LogP contribution is 2.15. The molecular formula is C18H14FN3O. The number of carbonyl (C=O) groups excluding carboxylic acids is 1. The first-order valence-corrected chi connectivity index (χ1v) is 7.06. The fraction of sp³-hybridized carbons (Fsp3) is 0. The van der Waals surface area contributed by atoms with Crippen molar-refractivity contribution in [1.29, 1.82) is 0 Å². The Labute approximate surface area is 133 Å². The summed E-state index contributed by atoms with van der Waals surface area (Å²) in [7, 11) is 0. The maximum atomic E-state index is 12.9. The Morgan fingerprint density at radius 2 is 1.61 bits per heavy atom. The van der Waals surface area contributed by atoms with Crippen LogP contribution in [0.1, 0.15) is 10.4 Å². The van der Waals surface area contributed by atoms with Crippen molar-refractivity contribution < 1.29 is 9.18 Å². The van der Waals surface area contributed by atoms with Crippen LogP contribution in [-0.2, 0) is 0 Å². The molecule has 0 radical (unpaired) electrons. The van der Waals surface area contributed by atoms with E-state index >= 15 is 0 Å². The zero-order valence-corrected chi connectivity index (χ0v) is 12.2. The molecule has 1 amide bonds. The van der Waals surface area contributed by atoms with E-state index in [1.165, 1.54) is 18.3 Å². The Morgan fingerprint density at radius 1 is 0.870 bits per heavy atom. The van der Waals surface area contributed by atoms with Gasteiger partial charge < -0.3 is 10.6 Å². The third kappa shape index (κ3) is 3.91. The number of pyridine rings is 1. The maximum absolute atomic E-state index is 12.9. The van der Waals surface area contributed by atoms with E-state index < -0.39 is 0 Å². The second-order valence-corrected chi connectivity index (χ2v) is 4.88. The highest BCUT2D eigenvalue weighted by molar-refractivity contribution is 6.04. The predicted molar refractivity (Wildman–Crippen MR) is 88.3 cm³/mol. The van der Waals surface area contributed by atoms with Crippen molar-refractivity contribution in [2.24, 2.45) is 0 Å². The second-order valence-electron chi connectivity index (χ2n) is 4.88. The van der Waals surface area contributed by atoms with Crippen molar-refractivity contribution in [1.82, 2.24) is 4.98 Å². The summed E-state index contributed by atoms with van der Waals surface area (Å²) in [6.45, 7) is 0. The Bertz CT molecular complexity index is 787. The van der Waals surface area contributed by atoms with Crippen LogP contribution in [0.5, 0.6) is 0 Å². The molecule has 3 aromatic rings. The molecule has 0 atom stereocenters. The first-order valence-electron chi connectivity index (χ1n) is 7.06. The van der Waals surface area contributed by atoms with Gasteiger partial charge in [0.2, 0.25) is 0 Å². The molecule has 0 unspecified atom stereocenters. The van der Waals surface area contributed by atoms with Crippen LogP contribution in [0.2, 0.25) is 0 Å². The Balaban J connectivity index is 1.66. The van der Waals surface area contributed by atoms with Gasteiger partial charge in [0.25, 0.3) is 5.91 Å². The maximum Gasteiger partial charge on any atom is 0.257 e. The quantitative estimate of drug-likeness (QED) is 0.759.